The van der Waals surface area contributed by atoms with Crippen molar-refractivity contribution in [2.24, 2.45) is 21.8 Å². The molecule has 0 spiro atoms. The second kappa shape index (κ2) is 18.0. The lowest BCUT2D eigenvalue weighted by atomic mass is 9.63. The maximum absolute atomic E-state index is 13.2. The van der Waals surface area contributed by atoms with Gasteiger partial charge < -0.3 is 14.2 Å². The zero-order valence-corrected chi connectivity index (χ0v) is 39.6. The standard InChI is InChI=1S/C60H56N4O4/c1-7-49-43-31-39(3)35-59(49,61-37-41-15-11-9-12-16-41)51-27-29-55(63-53(51)33-43)66-47-23-19-45(20-24-47)58(5,6)46-21-25-48(26-22-46)67-57(65)68-56-30-28-52-54(64-56)34-44-32-40(4)36-60(52,50(44)8-2)62-38-42-17-13-10-14-18-42/h7-32,37-38,43-44H,33-36H2,1-6H3/b49-7?,50-8+,61-37?,62-38?. The number of carbonyl (C=O) groups excluding carboxylic acids is 1. The molecule has 2 aromatic heterocycles. The number of benzene rings is 4. The van der Waals surface area contributed by atoms with Crippen LogP contribution in [0.1, 0.15) is 99.2 Å². The fourth-order valence-electron chi connectivity index (χ4n) is 11.1. The Labute approximate surface area is 399 Å². The van der Waals surface area contributed by atoms with E-state index in [0.29, 0.717) is 23.8 Å². The van der Waals surface area contributed by atoms with E-state index in [2.05, 4.69) is 108 Å². The zero-order chi connectivity index (χ0) is 47.0. The molecule has 4 unspecified atom stereocenters. The molecule has 0 saturated heterocycles. The molecule has 0 amide bonds. The number of fused-ring (bicyclic) bond motifs is 8. The molecule has 8 nitrogen and oxygen atoms in total. The van der Waals surface area contributed by atoms with Crippen molar-refractivity contribution < 1.29 is 19.0 Å². The fraction of sp³-hybridized carbons (Fsp3) is 0.250. The Balaban J connectivity index is 0.803. The number of hydrogen-bond donors (Lipinski definition) is 0. The van der Waals surface area contributed by atoms with Crippen LogP contribution in [0.5, 0.6) is 23.3 Å². The van der Waals surface area contributed by atoms with Gasteiger partial charge in [-0.3, -0.25) is 9.98 Å². The van der Waals surface area contributed by atoms with Gasteiger partial charge in [-0.15, -0.1) is 0 Å². The van der Waals surface area contributed by atoms with E-state index >= 15 is 0 Å². The van der Waals surface area contributed by atoms with Crippen molar-refractivity contribution in [1.82, 2.24) is 9.97 Å². The Bertz CT molecular complexity index is 3070. The third kappa shape index (κ3) is 8.33. The molecule has 4 atom stereocenters. The molecule has 6 aromatic rings. The van der Waals surface area contributed by atoms with Crippen LogP contribution < -0.4 is 14.2 Å². The van der Waals surface area contributed by atoms with Gasteiger partial charge in [0.25, 0.3) is 0 Å². The van der Waals surface area contributed by atoms with Crippen molar-refractivity contribution in [2.45, 2.75) is 83.7 Å². The van der Waals surface area contributed by atoms with Gasteiger partial charge in [0.05, 0.1) is 11.4 Å². The van der Waals surface area contributed by atoms with Crippen molar-refractivity contribution in [1.29, 1.82) is 0 Å². The van der Waals surface area contributed by atoms with Gasteiger partial charge in [-0.05, 0) is 97.5 Å². The summed E-state index contributed by atoms with van der Waals surface area (Å²) in [5.41, 5.74) is 12.2. The minimum Gasteiger partial charge on any atom is -0.439 e. The molecule has 0 saturated carbocycles. The predicted molar refractivity (Wildman–Crippen MR) is 270 cm³/mol. The summed E-state index contributed by atoms with van der Waals surface area (Å²) < 4.78 is 17.8. The average Bonchev–Trinajstić information content (AvgIpc) is 3.33. The first kappa shape index (κ1) is 44.4. The number of aliphatic imine (C=N–C) groups is 2. The van der Waals surface area contributed by atoms with Crippen LogP contribution in [-0.2, 0) is 29.3 Å². The lowest BCUT2D eigenvalue weighted by Crippen LogP contribution is -2.40. The molecule has 0 N–H and O–H groups in total. The Kier molecular flexibility index (Phi) is 11.7. The normalized spacial score (nSPS) is 22.9. The lowest BCUT2D eigenvalue weighted by molar-refractivity contribution is 0.149. The predicted octanol–water partition coefficient (Wildman–Crippen LogP) is 13.7. The topological polar surface area (TPSA) is 95.3 Å². The molecule has 4 aliphatic rings. The van der Waals surface area contributed by atoms with Crippen LogP contribution in [0.15, 0.2) is 190 Å². The van der Waals surface area contributed by atoms with Crippen molar-refractivity contribution in [2.75, 3.05) is 0 Å². The molecule has 10 rings (SSSR count). The number of pyridine rings is 2. The van der Waals surface area contributed by atoms with E-state index in [1.165, 1.54) is 22.3 Å². The summed E-state index contributed by atoms with van der Waals surface area (Å²) >= 11 is 0. The first-order valence-electron chi connectivity index (χ1n) is 23.6. The summed E-state index contributed by atoms with van der Waals surface area (Å²) in [5.74, 6) is 2.24. The Morgan fingerprint density at radius 1 is 0.588 bits per heavy atom. The van der Waals surface area contributed by atoms with Crippen LogP contribution in [0, 0.1) is 11.8 Å². The molecule has 2 heterocycles. The first-order valence-corrected chi connectivity index (χ1v) is 23.6. The van der Waals surface area contributed by atoms with E-state index < -0.39 is 17.2 Å². The average molecular weight is 897 g/mol. The maximum Gasteiger partial charge on any atom is 0.520 e. The summed E-state index contributed by atoms with van der Waals surface area (Å²) in [5, 5.41) is 0. The molecule has 4 aliphatic carbocycles. The number of rotatable bonds is 10. The summed E-state index contributed by atoms with van der Waals surface area (Å²) in [6.07, 6.45) is 15.4. The van der Waals surface area contributed by atoms with Crippen LogP contribution in [0.2, 0.25) is 0 Å². The number of nitrogens with zero attached hydrogens (tertiary/aromatic N) is 4. The van der Waals surface area contributed by atoms with Crippen LogP contribution in [-0.4, -0.2) is 28.6 Å². The minimum absolute atomic E-state index is 0.158. The third-order valence-corrected chi connectivity index (χ3v) is 14.3. The van der Waals surface area contributed by atoms with Crippen molar-refractivity contribution >= 4 is 18.6 Å². The first-order chi connectivity index (χ1) is 33.0. The highest BCUT2D eigenvalue weighted by Gasteiger charge is 2.48. The largest absolute Gasteiger partial charge is 0.520 e. The van der Waals surface area contributed by atoms with Gasteiger partial charge in [-0.2, -0.15) is 0 Å². The van der Waals surface area contributed by atoms with Crippen LogP contribution in [0.3, 0.4) is 0 Å². The number of hydrogen-bond acceptors (Lipinski definition) is 8. The highest BCUT2D eigenvalue weighted by Crippen LogP contribution is 2.54. The zero-order valence-electron chi connectivity index (χ0n) is 39.6. The molecule has 0 aliphatic heterocycles. The summed E-state index contributed by atoms with van der Waals surface area (Å²) in [4.78, 5) is 33.7. The lowest BCUT2D eigenvalue weighted by Gasteiger charge is -2.45. The van der Waals surface area contributed by atoms with Crippen LogP contribution >= 0.6 is 0 Å². The molecule has 0 radical (unpaired) electrons. The van der Waals surface area contributed by atoms with Gasteiger partial charge >= 0.3 is 6.16 Å². The SMILES string of the molecule is CC=C1C2C=C(C)CC1(N=Cc1ccccc1)c1ccc(Oc3ccc(C(C)(C)c4ccc(OC(=O)Oc5ccc6c(n5)CC5C=C(C)CC6(N=Cc6ccccc6)/C5=C/C)cc4)cc3)nc1C2. The quantitative estimate of drug-likeness (QED) is 0.0588. The number of allylic oxidation sites excluding steroid dienone is 4. The van der Waals surface area contributed by atoms with E-state index in [-0.39, 0.29) is 23.1 Å². The summed E-state index contributed by atoms with van der Waals surface area (Å²) in [6.45, 7) is 12.9. The highest BCUT2D eigenvalue weighted by atomic mass is 16.7. The second-order valence-corrected chi connectivity index (χ2v) is 19.1. The van der Waals surface area contributed by atoms with Crippen LogP contribution in [0.4, 0.5) is 4.79 Å². The van der Waals surface area contributed by atoms with E-state index in [9.17, 15) is 4.79 Å². The number of ether oxygens (including phenoxy) is 3. The Morgan fingerprint density at radius 3 is 1.53 bits per heavy atom. The highest BCUT2D eigenvalue weighted by molar-refractivity contribution is 5.81. The molecular weight excluding hydrogens is 841 g/mol. The van der Waals surface area contributed by atoms with Gasteiger partial charge in [-0.25, -0.2) is 14.8 Å². The monoisotopic (exact) mass is 896 g/mol. The fourth-order valence-corrected chi connectivity index (χ4v) is 11.1. The van der Waals surface area contributed by atoms with Gasteiger partial charge in [-0.1, -0.05) is 134 Å². The molecule has 4 aromatic carbocycles. The minimum atomic E-state index is -0.848. The van der Waals surface area contributed by atoms with E-state index in [0.717, 1.165) is 64.0 Å². The Hall–Kier alpha value is -7.45. The molecule has 68 heavy (non-hydrogen) atoms. The molecule has 8 heteroatoms. The van der Waals surface area contributed by atoms with E-state index in [1.54, 1.807) is 18.2 Å². The van der Waals surface area contributed by atoms with Gasteiger partial charge in [0.2, 0.25) is 11.8 Å². The smallest absolute Gasteiger partial charge is 0.439 e. The summed E-state index contributed by atoms with van der Waals surface area (Å²) in [7, 11) is 0. The van der Waals surface area contributed by atoms with Crippen molar-refractivity contribution in [3.63, 3.8) is 0 Å². The molecular formula is C60H56N4O4. The van der Waals surface area contributed by atoms with Gasteiger partial charge in [0, 0.05) is 78.6 Å². The Morgan fingerprint density at radius 2 is 1.04 bits per heavy atom. The maximum atomic E-state index is 13.2. The second-order valence-electron chi connectivity index (χ2n) is 19.1. The van der Waals surface area contributed by atoms with Gasteiger partial charge in [0.1, 0.15) is 22.6 Å². The summed E-state index contributed by atoms with van der Waals surface area (Å²) in [6, 6.07) is 44.0. The molecule has 4 bridgehead atoms. The number of carbonyl (C=O) groups is 1. The van der Waals surface area contributed by atoms with Crippen molar-refractivity contribution in [3.8, 4) is 23.3 Å². The van der Waals surface area contributed by atoms with Crippen molar-refractivity contribution in [3.05, 3.63) is 225 Å². The molecule has 0 fully saturated rings. The third-order valence-electron chi connectivity index (χ3n) is 14.3. The molecule has 340 valence electrons. The van der Waals surface area contributed by atoms with Gasteiger partial charge in [0.15, 0.2) is 0 Å². The van der Waals surface area contributed by atoms with E-state index in [4.69, 9.17) is 34.2 Å². The van der Waals surface area contributed by atoms with Crippen LogP contribution in [0.25, 0.3) is 0 Å². The van der Waals surface area contributed by atoms with E-state index in [1.807, 2.05) is 85.2 Å². The number of aromatic nitrogens is 2.